The minimum absolute atomic E-state index is 0. The van der Waals surface area contributed by atoms with Gasteiger partial charge in [0.1, 0.15) is 0 Å². The molecular formula is H6CoLiMnNiO6. The molecule has 0 unspecified atom stereocenters. The second-order valence-electron chi connectivity index (χ2n) is 0.415. The summed E-state index contributed by atoms with van der Waals surface area (Å²) in [5, 5.41) is 0. The van der Waals surface area contributed by atoms with Gasteiger partial charge in [-0.15, -0.1) is 0 Å². The maximum atomic E-state index is 8.80. The van der Waals surface area contributed by atoms with Crippen LogP contribution in [0.5, 0.6) is 0 Å². The van der Waals surface area contributed by atoms with Gasteiger partial charge in [0.05, 0.1) is 0 Å². The van der Waals surface area contributed by atoms with Crippen molar-refractivity contribution in [3.63, 3.8) is 0 Å². The Morgan fingerprint density at radius 1 is 1.00 bits per heavy atom. The number of hydrogen-bond donors (Lipinski definition) is 2. The van der Waals surface area contributed by atoms with Gasteiger partial charge in [-0.2, -0.15) is 0 Å². The Morgan fingerprint density at radius 3 is 1.00 bits per heavy atom. The van der Waals surface area contributed by atoms with E-state index >= 15 is 0 Å². The molecule has 0 aromatic rings. The van der Waals surface area contributed by atoms with Crippen LogP contribution in [0.25, 0.3) is 0 Å². The molecule has 0 fully saturated rings. The summed E-state index contributed by atoms with van der Waals surface area (Å²) in [5.41, 5.74) is 0. The van der Waals surface area contributed by atoms with Crippen molar-refractivity contribution in [3.05, 3.63) is 0 Å². The zero-order valence-electron chi connectivity index (χ0n) is 4.74. The molecular weight excluding hydrogens is 275 g/mol. The Labute approximate surface area is 92.0 Å². The molecule has 0 heterocycles. The molecule has 0 aliphatic rings. The fraction of sp³-hybridized carbons (Fsp3) is 0. The van der Waals surface area contributed by atoms with E-state index in [2.05, 4.69) is 0 Å². The SMILES string of the molecule is O.O.[Co].[Li].[Ni].[O]=[Mn](=[O])([OH])[OH]. The Balaban J connectivity index is -0.00000000800. The van der Waals surface area contributed by atoms with E-state index in [9.17, 15) is 0 Å². The van der Waals surface area contributed by atoms with Crippen LogP contribution in [0.2, 0.25) is 0 Å². The van der Waals surface area contributed by atoms with Gasteiger partial charge < -0.3 is 11.0 Å². The summed E-state index contributed by atoms with van der Waals surface area (Å²) in [4.78, 5) is 0. The molecule has 6 nitrogen and oxygen atoms in total. The summed E-state index contributed by atoms with van der Waals surface area (Å²) in [6.07, 6.45) is 0. The van der Waals surface area contributed by atoms with E-state index in [-0.39, 0.29) is 63.1 Å². The summed E-state index contributed by atoms with van der Waals surface area (Å²) < 4.78 is 31.8. The molecule has 0 amide bonds. The van der Waals surface area contributed by atoms with Crippen LogP contribution in [0.1, 0.15) is 0 Å². The molecule has 69 valence electrons. The third-order valence-electron chi connectivity index (χ3n) is 0. The summed E-state index contributed by atoms with van der Waals surface area (Å²) >= 11 is -5.12. The van der Waals surface area contributed by atoms with Crippen LogP contribution >= 0.6 is 0 Å². The van der Waals surface area contributed by atoms with E-state index in [1.54, 1.807) is 0 Å². The van der Waals surface area contributed by atoms with Crippen molar-refractivity contribution in [2.75, 3.05) is 0 Å². The zero-order valence-corrected chi connectivity index (χ0v) is 7.95. The van der Waals surface area contributed by atoms with Gasteiger partial charge >= 0.3 is 29.4 Å². The zero-order chi connectivity index (χ0) is 4.50. The topological polar surface area (TPSA) is 138 Å². The second-order valence-corrected chi connectivity index (χ2v) is 1.71. The van der Waals surface area contributed by atoms with Crippen molar-refractivity contribution in [2.24, 2.45) is 0 Å². The molecule has 2 radical (unpaired) electrons. The van der Waals surface area contributed by atoms with Gasteiger partial charge in [-0.3, -0.25) is 0 Å². The van der Waals surface area contributed by atoms with Crippen molar-refractivity contribution < 1.29 is 73.6 Å². The molecule has 10 heteroatoms. The Morgan fingerprint density at radius 2 is 1.00 bits per heavy atom. The Kier molecular flexibility index (Phi) is 70.4. The fourth-order valence-electron chi connectivity index (χ4n) is 0. The summed E-state index contributed by atoms with van der Waals surface area (Å²) in [6.45, 7) is 0. The van der Waals surface area contributed by atoms with E-state index < -0.39 is 13.4 Å². The number of rotatable bonds is 0. The van der Waals surface area contributed by atoms with Crippen LogP contribution in [0.4, 0.5) is 0 Å². The molecule has 0 saturated carbocycles. The van der Waals surface area contributed by atoms with Gasteiger partial charge in [0.15, 0.2) is 0 Å². The molecule has 0 aliphatic heterocycles. The monoisotopic (exact) mass is 281 g/mol. The van der Waals surface area contributed by atoms with Gasteiger partial charge in [0.2, 0.25) is 0 Å². The molecule has 6 N–H and O–H groups in total. The normalized spacial score (nSPS) is 5.80. The van der Waals surface area contributed by atoms with E-state index in [1.165, 1.54) is 0 Å². The van der Waals surface area contributed by atoms with Crippen molar-refractivity contribution >= 4 is 18.9 Å². The molecule has 0 spiro atoms. The van der Waals surface area contributed by atoms with E-state index in [1.807, 2.05) is 0 Å². The van der Waals surface area contributed by atoms with Crippen LogP contribution < -0.4 is 0 Å². The van der Waals surface area contributed by atoms with E-state index in [0.717, 1.165) is 0 Å². The molecule has 0 aromatic heterocycles. The van der Waals surface area contributed by atoms with E-state index in [0.29, 0.717) is 0 Å². The Bertz CT molecular complexity index is 101. The molecule has 0 aliphatic carbocycles. The summed E-state index contributed by atoms with van der Waals surface area (Å²) in [6, 6.07) is 0. The quantitative estimate of drug-likeness (QED) is 0.447. The first-order valence-electron chi connectivity index (χ1n) is 0.647. The summed E-state index contributed by atoms with van der Waals surface area (Å²) in [7, 11) is 0. The predicted octanol–water partition coefficient (Wildman–Crippen LogP) is -3.39. The average molecular weight is 282 g/mol. The summed E-state index contributed by atoms with van der Waals surface area (Å²) in [5.74, 6) is 0. The van der Waals surface area contributed by atoms with Crippen LogP contribution in [-0.2, 0) is 54.3 Å². The van der Waals surface area contributed by atoms with Crippen LogP contribution in [0.3, 0.4) is 0 Å². The van der Waals surface area contributed by atoms with Gasteiger partial charge in [0, 0.05) is 52.1 Å². The molecule has 0 bridgehead atoms. The molecule has 10 heavy (non-hydrogen) atoms. The first-order valence-corrected chi connectivity index (χ1v) is 2.67. The Hall–Kier alpha value is 1.56. The number of hydrogen-bond acceptors (Lipinski definition) is 2. The van der Waals surface area contributed by atoms with Crippen LogP contribution in [0.15, 0.2) is 0 Å². The van der Waals surface area contributed by atoms with Crippen LogP contribution in [0, 0.1) is 0 Å². The minimum atomic E-state index is -5.12. The second kappa shape index (κ2) is 16.9. The van der Waals surface area contributed by atoms with Gasteiger partial charge in [-0.1, -0.05) is 0 Å². The van der Waals surface area contributed by atoms with Crippen molar-refractivity contribution in [1.29, 1.82) is 0 Å². The van der Waals surface area contributed by atoms with Gasteiger partial charge in [-0.05, 0) is 0 Å². The molecule has 0 aromatic carbocycles. The van der Waals surface area contributed by atoms with Crippen molar-refractivity contribution in [1.82, 2.24) is 0 Å². The van der Waals surface area contributed by atoms with Crippen molar-refractivity contribution in [3.8, 4) is 0 Å². The third-order valence-corrected chi connectivity index (χ3v) is 0. The standard InChI is InChI=1S/Co.Li.Mn.Ni.4H2O.2O/h;;;;4*1H2;;/q;;+2;;;;;;;/p-2. The first-order chi connectivity index (χ1) is 2.00. The fourth-order valence-corrected chi connectivity index (χ4v) is 0. The van der Waals surface area contributed by atoms with Crippen LogP contribution in [-0.4, -0.2) is 38.2 Å². The van der Waals surface area contributed by atoms with Crippen molar-refractivity contribution in [2.45, 2.75) is 0 Å². The molecule has 0 atom stereocenters. The third kappa shape index (κ3) is 289. The van der Waals surface area contributed by atoms with E-state index in [4.69, 9.17) is 16.0 Å². The molecule has 0 rings (SSSR count). The molecule has 0 saturated heterocycles. The van der Waals surface area contributed by atoms with Gasteiger partial charge in [-0.25, -0.2) is 0 Å². The average Bonchev–Trinajstić information content (AvgIpc) is 0.722. The maximum absolute atomic E-state index is 8.80. The van der Waals surface area contributed by atoms with Gasteiger partial charge in [0.25, 0.3) is 0 Å². The first kappa shape index (κ1) is 41.7. The predicted molar refractivity (Wildman–Crippen MR) is 18.8 cm³/mol.